The van der Waals surface area contributed by atoms with Crippen molar-refractivity contribution in [2.45, 2.75) is 43.2 Å². The number of thioether (sulfide) groups is 1. The van der Waals surface area contributed by atoms with Gasteiger partial charge in [-0.2, -0.15) is 5.26 Å². The SMILES string of the molecule is CSc1ccc(NC2CCN([C@H](C)CC#N)CC2)cc1. The monoisotopic (exact) mass is 289 g/mol. The second kappa shape index (κ2) is 7.56. The van der Waals surface area contributed by atoms with Crippen molar-refractivity contribution in [2.75, 3.05) is 24.7 Å². The van der Waals surface area contributed by atoms with Gasteiger partial charge in [0.2, 0.25) is 0 Å². The Balaban J connectivity index is 1.80. The molecule has 1 fully saturated rings. The summed E-state index contributed by atoms with van der Waals surface area (Å²) in [7, 11) is 0. The molecule has 1 N–H and O–H groups in total. The lowest BCUT2D eigenvalue weighted by atomic mass is 10.0. The third-order valence-corrected chi connectivity index (χ3v) is 4.74. The second-order valence-electron chi connectivity index (χ2n) is 5.39. The summed E-state index contributed by atoms with van der Waals surface area (Å²) in [5.74, 6) is 0. The van der Waals surface area contributed by atoms with Gasteiger partial charge in [0.15, 0.2) is 0 Å². The van der Waals surface area contributed by atoms with Crippen molar-refractivity contribution in [2.24, 2.45) is 0 Å². The lowest BCUT2D eigenvalue weighted by molar-refractivity contribution is 0.169. The van der Waals surface area contributed by atoms with E-state index in [0.717, 1.165) is 25.9 Å². The van der Waals surface area contributed by atoms with E-state index in [1.165, 1.54) is 10.6 Å². The zero-order valence-corrected chi connectivity index (χ0v) is 13.1. The fourth-order valence-electron chi connectivity index (χ4n) is 2.67. The lowest BCUT2D eigenvalue weighted by Crippen LogP contribution is -2.43. The minimum atomic E-state index is 0.391. The van der Waals surface area contributed by atoms with Crippen LogP contribution in [-0.2, 0) is 0 Å². The zero-order valence-electron chi connectivity index (χ0n) is 12.3. The first kappa shape index (κ1) is 15.2. The maximum Gasteiger partial charge on any atom is 0.0638 e. The standard InChI is InChI=1S/C16H23N3S/c1-13(7-10-17)19-11-8-15(9-12-19)18-14-3-5-16(20-2)6-4-14/h3-6,13,15,18H,7-9,11-12H2,1-2H3/t13-/m1/s1. The number of rotatable bonds is 5. The largest absolute Gasteiger partial charge is 0.382 e. The number of likely N-dealkylation sites (tertiary alicyclic amines) is 1. The molecule has 1 aromatic rings. The van der Waals surface area contributed by atoms with Crippen molar-refractivity contribution in [3.8, 4) is 6.07 Å². The Labute approximate surface area is 126 Å². The van der Waals surface area contributed by atoms with Crippen molar-refractivity contribution >= 4 is 17.4 Å². The van der Waals surface area contributed by atoms with Gasteiger partial charge in [-0.25, -0.2) is 0 Å². The van der Waals surface area contributed by atoms with Gasteiger partial charge in [-0.05, 0) is 50.3 Å². The summed E-state index contributed by atoms with van der Waals surface area (Å²) in [5.41, 5.74) is 1.21. The van der Waals surface area contributed by atoms with Crippen molar-refractivity contribution in [3.05, 3.63) is 24.3 Å². The Kier molecular flexibility index (Phi) is 5.75. The van der Waals surface area contributed by atoms with Crippen LogP contribution in [-0.4, -0.2) is 36.3 Å². The van der Waals surface area contributed by atoms with Crippen molar-refractivity contribution in [3.63, 3.8) is 0 Å². The van der Waals surface area contributed by atoms with E-state index in [1.54, 1.807) is 11.8 Å². The fraction of sp³-hybridized carbons (Fsp3) is 0.562. The minimum Gasteiger partial charge on any atom is -0.382 e. The molecule has 1 aliphatic heterocycles. The van der Waals surface area contributed by atoms with Crippen LogP contribution < -0.4 is 5.32 Å². The van der Waals surface area contributed by atoms with E-state index in [4.69, 9.17) is 5.26 Å². The van der Waals surface area contributed by atoms with Gasteiger partial charge >= 0.3 is 0 Å². The molecular weight excluding hydrogens is 266 g/mol. The molecule has 2 rings (SSSR count). The summed E-state index contributed by atoms with van der Waals surface area (Å²) in [6, 6.07) is 11.9. The highest BCUT2D eigenvalue weighted by atomic mass is 32.2. The van der Waals surface area contributed by atoms with Crippen LogP contribution in [0.4, 0.5) is 5.69 Å². The summed E-state index contributed by atoms with van der Waals surface area (Å²) in [6.07, 6.45) is 5.04. The molecule has 0 spiro atoms. The molecule has 0 radical (unpaired) electrons. The third-order valence-electron chi connectivity index (χ3n) is 4.00. The Morgan fingerprint density at radius 1 is 1.35 bits per heavy atom. The first-order valence-corrected chi connectivity index (χ1v) is 8.47. The van der Waals surface area contributed by atoms with Gasteiger partial charge in [-0.1, -0.05) is 0 Å². The molecule has 0 aromatic heterocycles. The van der Waals surface area contributed by atoms with E-state index < -0.39 is 0 Å². The topological polar surface area (TPSA) is 39.1 Å². The number of nitrogens with zero attached hydrogens (tertiary/aromatic N) is 2. The molecule has 0 unspecified atom stereocenters. The molecule has 4 heteroatoms. The van der Waals surface area contributed by atoms with E-state index >= 15 is 0 Å². The average Bonchev–Trinajstić information content (AvgIpc) is 2.49. The van der Waals surface area contributed by atoms with Crippen LogP contribution in [0.3, 0.4) is 0 Å². The number of hydrogen-bond donors (Lipinski definition) is 1. The maximum atomic E-state index is 8.77. The molecule has 0 amide bonds. The van der Waals surface area contributed by atoms with Gasteiger partial charge in [-0.3, -0.25) is 4.90 Å². The molecule has 1 atom stereocenters. The zero-order chi connectivity index (χ0) is 14.4. The van der Waals surface area contributed by atoms with E-state index in [1.807, 2.05) is 0 Å². The van der Waals surface area contributed by atoms with Crippen molar-refractivity contribution in [1.29, 1.82) is 5.26 Å². The first-order chi connectivity index (χ1) is 9.72. The molecule has 1 heterocycles. The number of nitriles is 1. The highest BCUT2D eigenvalue weighted by Crippen LogP contribution is 2.21. The Morgan fingerprint density at radius 3 is 2.55 bits per heavy atom. The Hall–Kier alpha value is -1.18. The molecule has 1 saturated heterocycles. The molecule has 0 bridgehead atoms. The molecule has 3 nitrogen and oxygen atoms in total. The first-order valence-electron chi connectivity index (χ1n) is 7.24. The van der Waals surface area contributed by atoms with Crippen LogP contribution >= 0.6 is 11.8 Å². The summed E-state index contributed by atoms with van der Waals surface area (Å²) in [6.45, 7) is 4.32. The smallest absolute Gasteiger partial charge is 0.0638 e. The van der Waals surface area contributed by atoms with E-state index in [9.17, 15) is 0 Å². The predicted octanol–water partition coefficient (Wildman–Crippen LogP) is 3.59. The predicted molar refractivity (Wildman–Crippen MR) is 86.1 cm³/mol. The lowest BCUT2D eigenvalue weighted by Gasteiger charge is -2.35. The van der Waals surface area contributed by atoms with Gasteiger partial charge in [-0.15, -0.1) is 11.8 Å². The Bertz CT molecular complexity index is 444. The van der Waals surface area contributed by atoms with Crippen LogP contribution in [0.2, 0.25) is 0 Å². The average molecular weight is 289 g/mol. The minimum absolute atomic E-state index is 0.391. The van der Waals surface area contributed by atoms with Gasteiger partial charge in [0.1, 0.15) is 0 Å². The number of hydrogen-bond acceptors (Lipinski definition) is 4. The van der Waals surface area contributed by atoms with Gasteiger partial charge in [0, 0.05) is 35.8 Å². The van der Waals surface area contributed by atoms with Crippen LogP contribution in [0.5, 0.6) is 0 Å². The molecule has 20 heavy (non-hydrogen) atoms. The molecular formula is C16H23N3S. The summed E-state index contributed by atoms with van der Waals surface area (Å²) in [5, 5.41) is 12.4. The van der Waals surface area contributed by atoms with Crippen LogP contribution in [0.15, 0.2) is 29.2 Å². The molecule has 1 aliphatic rings. The van der Waals surface area contributed by atoms with E-state index in [2.05, 4.69) is 53.7 Å². The molecule has 1 aromatic carbocycles. The van der Waals surface area contributed by atoms with Crippen LogP contribution in [0, 0.1) is 11.3 Å². The fourth-order valence-corrected chi connectivity index (χ4v) is 3.08. The van der Waals surface area contributed by atoms with Gasteiger partial charge < -0.3 is 5.32 Å². The van der Waals surface area contributed by atoms with Gasteiger partial charge in [0.05, 0.1) is 12.5 Å². The van der Waals surface area contributed by atoms with Gasteiger partial charge in [0.25, 0.3) is 0 Å². The summed E-state index contributed by atoms with van der Waals surface area (Å²) < 4.78 is 0. The number of anilines is 1. The number of nitrogens with one attached hydrogen (secondary N) is 1. The van der Waals surface area contributed by atoms with E-state index in [0.29, 0.717) is 18.5 Å². The third kappa shape index (κ3) is 4.16. The summed E-state index contributed by atoms with van der Waals surface area (Å²) >= 11 is 1.77. The molecule has 108 valence electrons. The maximum absolute atomic E-state index is 8.77. The van der Waals surface area contributed by atoms with Crippen molar-refractivity contribution < 1.29 is 0 Å². The quantitative estimate of drug-likeness (QED) is 0.841. The molecule has 0 saturated carbocycles. The second-order valence-corrected chi connectivity index (χ2v) is 6.27. The van der Waals surface area contributed by atoms with Crippen molar-refractivity contribution in [1.82, 2.24) is 4.90 Å². The number of benzene rings is 1. The highest BCUT2D eigenvalue weighted by Gasteiger charge is 2.22. The Morgan fingerprint density at radius 2 is 2.00 bits per heavy atom. The highest BCUT2D eigenvalue weighted by molar-refractivity contribution is 7.98. The molecule has 0 aliphatic carbocycles. The summed E-state index contributed by atoms with van der Waals surface area (Å²) in [4.78, 5) is 3.73. The van der Waals surface area contributed by atoms with Crippen LogP contribution in [0.1, 0.15) is 26.2 Å². The van der Waals surface area contributed by atoms with Crippen LogP contribution in [0.25, 0.3) is 0 Å². The normalized spacial score (nSPS) is 18.4. The van der Waals surface area contributed by atoms with E-state index in [-0.39, 0.29) is 0 Å². The number of piperidine rings is 1.